The Morgan fingerprint density at radius 1 is 1.09 bits per heavy atom. The molecular formula is C18H17N3O2. The highest BCUT2D eigenvalue weighted by Gasteiger charge is 2.20. The number of pyridine rings is 1. The Hall–Kier alpha value is -2.79. The Bertz CT molecular complexity index is 881. The number of hydrogen-bond donors (Lipinski definition) is 1. The smallest absolute Gasteiger partial charge is 0.285 e. The topological polar surface area (TPSA) is 82.0 Å². The molecule has 0 aliphatic heterocycles. The molecule has 5 nitrogen and oxygen atoms in total. The molecule has 116 valence electrons. The molecule has 2 aromatic carbocycles. The third kappa shape index (κ3) is 2.78. The van der Waals surface area contributed by atoms with Crippen LogP contribution in [0.1, 0.15) is 19.4 Å². The lowest BCUT2D eigenvalue weighted by Gasteiger charge is -2.19. The summed E-state index contributed by atoms with van der Waals surface area (Å²) in [7, 11) is 0. The highest BCUT2D eigenvalue weighted by Crippen LogP contribution is 2.36. The second-order valence-electron chi connectivity index (χ2n) is 6.11. The van der Waals surface area contributed by atoms with Gasteiger partial charge in [0.25, 0.3) is 5.69 Å². The molecule has 23 heavy (non-hydrogen) atoms. The largest absolute Gasteiger partial charge is 0.322 e. The van der Waals surface area contributed by atoms with E-state index >= 15 is 0 Å². The normalized spacial score (nSPS) is 11.6. The van der Waals surface area contributed by atoms with Crippen LogP contribution in [0.3, 0.4) is 0 Å². The lowest BCUT2D eigenvalue weighted by molar-refractivity contribution is -0.382. The molecule has 0 amide bonds. The van der Waals surface area contributed by atoms with Crippen molar-refractivity contribution in [2.45, 2.75) is 19.4 Å². The van der Waals surface area contributed by atoms with E-state index in [9.17, 15) is 10.1 Å². The van der Waals surface area contributed by atoms with Crippen LogP contribution in [0.2, 0.25) is 0 Å². The number of aromatic nitrogens is 1. The Morgan fingerprint density at radius 2 is 1.78 bits per heavy atom. The van der Waals surface area contributed by atoms with Crippen LogP contribution < -0.4 is 5.73 Å². The van der Waals surface area contributed by atoms with Crippen molar-refractivity contribution < 1.29 is 4.92 Å². The maximum atomic E-state index is 11.6. The molecule has 0 saturated heterocycles. The van der Waals surface area contributed by atoms with Crippen LogP contribution in [-0.4, -0.2) is 9.91 Å². The van der Waals surface area contributed by atoms with Gasteiger partial charge in [-0.15, -0.1) is 0 Å². The molecule has 1 heterocycles. The van der Waals surface area contributed by atoms with Gasteiger partial charge in [0.05, 0.1) is 15.9 Å². The number of nitro groups is 1. The lowest BCUT2D eigenvalue weighted by atomic mass is 9.92. The minimum Gasteiger partial charge on any atom is -0.322 e. The first-order chi connectivity index (χ1) is 10.9. The number of nitrogens with two attached hydrogens (primary N) is 1. The first kappa shape index (κ1) is 15.1. The van der Waals surface area contributed by atoms with Gasteiger partial charge in [-0.05, 0) is 37.1 Å². The maximum absolute atomic E-state index is 11.6. The Labute approximate surface area is 133 Å². The van der Waals surface area contributed by atoms with Gasteiger partial charge in [-0.1, -0.05) is 30.3 Å². The van der Waals surface area contributed by atoms with Gasteiger partial charge < -0.3 is 5.73 Å². The van der Waals surface area contributed by atoms with Crippen LogP contribution in [0.5, 0.6) is 0 Å². The number of rotatable bonds is 3. The van der Waals surface area contributed by atoms with Crippen LogP contribution in [0, 0.1) is 10.1 Å². The van der Waals surface area contributed by atoms with Gasteiger partial charge >= 0.3 is 0 Å². The second kappa shape index (κ2) is 5.44. The Kier molecular flexibility index (Phi) is 3.58. The van der Waals surface area contributed by atoms with Crippen molar-refractivity contribution in [1.82, 2.24) is 4.98 Å². The summed E-state index contributed by atoms with van der Waals surface area (Å²) < 4.78 is 0. The van der Waals surface area contributed by atoms with E-state index in [0.29, 0.717) is 10.9 Å². The van der Waals surface area contributed by atoms with Gasteiger partial charge in [0, 0.05) is 23.3 Å². The van der Waals surface area contributed by atoms with Crippen molar-refractivity contribution >= 4 is 16.5 Å². The van der Waals surface area contributed by atoms with Crippen molar-refractivity contribution in [3.8, 4) is 11.1 Å². The van der Waals surface area contributed by atoms with Crippen LogP contribution in [-0.2, 0) is 5.54 Å². The van der Waals surface area contributed by atoms with Crippen LogP contribution in [0.15, 0.2) is 54.9 Å². The fourth-order valence-corrected chi connectivity index (χ4v) is 2.66. The van der Waals surface area contributed by atoms with Gasteiger partial charge in [0.1, 0.15) is 0 Å². The van der Waals surface area contributed by atoms with E-state index < -0.39 is 5.54 Å². The summed E-state index contributed by atoms with van der Waals surface area (Å²) in [6.45, 7) is 3.85. The summed E-state index contributed by atoms with van der Waals surface area (Å²) in [4.78, 5) is 15.3. The van der Waals surface area contributed by atoms with E-state index in [0.717, 1.165) is 16.5 Å². The molecule has 0 aliphatic carbocycles. The molecule has 1 aromatic heterocycles. The Morgan fingerprint density at radius 3 is 2.39 bits per heavy atom. The van der Waals surface area contributed by atoms with E-state index in [4.69, 9.17) is 5.73 Å². The van der Waals surface area contributed by atoms with Crippen molar-refractivity contribution in [1.29, 1.82) is 0 Å². The zero-order chi connectivity index (χ0) is 16.6. The van der Waals surface area contributed by atoms with Gasteiger partial charge in [-0.25, -0.2) is 0 Å². The summed E-state index contributed by atoms with van der Waals surface area (Å²) in [6.07, 6.45) is 3.20. The summed E-state index contributed by atoms with van der Waals surface area (Å²) in [5.41, 5.74) is 8.11. The number of hydrogen-bond acceptors (Lipinski definition) is 4. The molecular weight excluding hydrogens is 290 g/mol. The molecule has 0 bridgehead atoms. The molecule has 0 spiro atoms. The van der Waals surface area contributed by atoms with Crippen LogP contribution in [0.4, 0.5) is 5.69 Å². The predicted molar refractivity (Wildman–Crippen MR) is 91.0 cm³/mol. The number of benzene rings is 2. The first-order valence-electron chi connectivity index (χ1n) is 7.29. The van der Waals surface area contributed by atoms with Crippen molar-refractivity contribution in [2.75, 3.05) is 0 Å². The monoisotopic (exact) mass is 307 g/mol. The zero-order valence-corrected chi connectivity index (χ0v) is 13.0. The molecule has 0 radical (unpaired) electrons. The van der Waals surface area contributed by atoms with Crippen LogP contribution in [0.25, 0.3) is 21.9 Å². The van der Waals surface area contributed by atoms with Gasteiger partial charge in [-0.3, -0.25) is 15.1 Å². The number of nitrogens with zero attached hydrogens (tertiary/aromatic N) is 2. The maximum Gasteiger partial charge on any atom is 0.285 e. The third-order valence-corrected chi connectivity index (χ3v) is 3.91. The minimum atomic E-state index is -0.445. The molecule has 0 fully saturated rings. The van der Waals surface area contributed by atoms with Gasteiger partial charge in [0.2, 0.25) is 0 Å². The average molecular weight is 307 g/mol. The highest BCUT2D eigenvalue weighted by molar-refractivity contribution is 5.97. The molecule has 0 unspecified atom stereocenters. The lowest BCUT2D eigenvalue weighted by Crippen LogP contribution is -2.28. The summed E-state index contributed by atoms with van der Waals surface area (Å²) in [6, 6.07) is 12.9. The predicted octanol–water partition coefficient (Wildman–Crippen LogP) is 4.00. The van der Waals surface area contributed by atoms with Gasteiger partial charge in [-0.2, -0.15) is 0 Å². The summed E-state index contributed by atoms with van der Waals surface area (Å²) in [5, 5.41) is 12.9. The van der Waals surface area contributed by atoms with Crippen molar-refractivity contribution in [3.63, 3.8) is 0 Å². The molecule has 2 N–H and O–H groups in total. The summed E-state index contributed by atoms with van der Waals surface area (Å²) >= 11 is 0. The molecule has 5 heteroatoms. The van der Waals surface area contributed by atoms with E-state index in [2.05, 4.69) is 4.98 Å². The van der Waals surface area contributed by atoms with Gasteiger partial charge in [0.15, 0.2) is 0 Å². The molecule has 0 saturated carbocycles. The standard InChI is InChI=1S/C18H17N3O2/c1-18(2,19)14-6-3-12(4-7-14)15-8-5-13-11-20-10-9-16(13)17(15)21(22)23/h3-11H,19H2,1-2H3. The SMILES string of the molecule is CC(C)(N)c1ccc(-c2ccc3cnccc3c2[N+](=O)[O-])cc1. The summed E-state index contributed by atoms with van der Waals surface area (Å²) in [5.74, 6) is 0. The van der Waals surface area contributed by atoms with Crippen molar-refractivity contribution in [2.24, 2.45) is 5.73 Å². The first-order valence-corrected chi connectivity index (χ1v) is 7.29. The second-order valence-corrected chi connectivity index (χ2v) is 6.11. The molecule has 3 rings (SSSR count). The van der Waals surface area contributed by atoms with Crippen molar-refractivity contribution in [3.05, 3.63) is 70.5 Å². The Balaban J connectivity index is 2.20. The van der Waals surface area contributed by atoms with Crippen LogP contribution >= 0.6 is 0 Å². The van der Waals surface area contributed by atoms with E-state index in [1.807, 2.05) is 44.2 Å². The fourth-order valence-electron chi connectivity index (χ4n) is 2.66. The number of fused-ring (bicyclic) bond motifs is 1. The highest BCUT2D eigenvalue weighted by atomic mass is 16.6. The zero-order valence-electron chi connectivity index (χ0n) is 13.0. The third-order valence-electron chi connectivity index (χ3n) is 3.91. The number of nitro benzene ring substituents is 1. The molecule has 3 aromatic rings. The minimum absolute atomic E-state index is 0.102. The van der Waals surface area contributed by atoms with E-state index in [-0.39, 0.29) is 10.6 Å². The molecule has 0 aliphatic rings. The van der Waals surface area contributed by atoms with E-state index in [1.165, 1.54) is 0 Å². The average Bonchev–Trinajstić information content (AvgIpc) is 2.53. The molecule has 0 atom stereocenters. The quantitative estimate of drug-likeness (QED) is 0.585. The van der Waals surface area contributed by atoms with E-state index in [1.54, 1.807) is 24.5 Å². The fraction of sp³-hybridized carbons (Fsp3) is 0.167.